The first kappa shape index (κ1) is 14.6. The van der Waals surface area contributed by atoms with E-state index in [2.05, 4.69) is 21.2 Å². The molecule has 94 valence electrons. The Kier molecular flexibility index (Phi) is 6.08. The molecule has 0 heterocycles. The molecule has 0 aliphatic rings. The zero-order valence-electron chi connectivity index (χ0n) is 9.53. The van der Waals surface area contributed by atoms with E-state index in [1.807, 2.05) is 18.2 Å². The summed E-state index contributed by atoms with van der Waals surface area (Å²) in [5, 5.41) is 3.26. The van der Waals surface area contributed by atoms with Gasteiger partial charge in [-0.2, -0.15) is 0 Å². The molecule has 1 aromatic rings. The van der Waals surface area contributed by atoms with Crippen LogP contribution in [-0.4, -0.2) is 27.8 Å². The number of hydrogen-bond acceptors (Lipinski definition) is 3. The van der Waals surface area contributed by atoms with Crippen molar-refractivity contribution in [2.24, 2.45) is 5.73 Å². The molecule has 0 radical (unpaired) electrons. The van der Waals surface area contributed by atoms with Crippen molar-refractivity contribution in [3.05, 3.63) is 28.2 Å². The van der Waals surface area contributed by atoms with E-state index >= 15 is 0 Å². The fourth-order valence-corrected chi connectivity index (χ4v) is 2.90. The largest absolute Gasteiger partial charge is 0.389 e. The average Bonchev–Trinajstić information content (AvgIpc) is 2.23. The van der Waals surface area contributed by atoms with E-state index in [0.717, 1.165) is 28.7 Å². The SMILES string of the molecule is CS(=O)CCCNc1cccc(Br)c1C(N)=S. The highest BCUT2D eigenvalue weighted by Crippen LogP contribution is 2.24. The molecule has 0 aliphatic heterocycles. The zero-order chi connectivity index (χ0) is 12.8. The zero-order valence-corrected chi connectivity index (χ0v) is 12.8. The van der Waals surface area contributed by atoms with Crippen molar-refractivity contribution < 1.29 is 4.21 Å². The molecule has 3 nitrogen and oxygen atoms in total. The molecule has 1 rings (SSSR count). The van der Waals surface area contributed by atoms with Crippen molar-refractivity contribution in [3.63, 3.8) is 0 Å². The van der Waals surface area contributed by atoms with Crippen LogP contribution in [0.25, 0.3) is 0 Å². The molecule has 6 heteroatoms. The van der Waals surface area contributed by atoms with Crippen molar-refractivity contribution in [2.45, 2.75) is 6.42 Å². The summed E-state index contributed by atoms with van der Waals surface area (Å²) in [6, 6.07) is 5.76. The Morgan fingerprint density at radius 3 is 2.88 bits per heavy atom. The second-order valence-electron chi connectivity index (χ2n) is 3.58. The summed E-state index contributed by atoms with van der Waals surface area (Å²) < 4.78 is 11.8. The van der Waals surface area contributed by atoms with Gasteiger partial charge in [0, 0.05) is 45.1 Å². The molecule has 1 aromatic carbocycles. The van der Waals surface area contributed by atoms with Gasteiger partial charge in [0.05, 0.1) is 0 Å². The van der Waals surface area contributed by atoms with E-state index in [4.69, 9.17) is 18.0 Å². The summed E-state index contributed by atoms with van der Waals surface area (Å²) in [6.07, 6.45) is 2.56. The van der Waals surface area contributed by atoms with Gasteiger partial charge >= 0.3 is 0 Å². The van der Waals surface area contributed by atoms with Gasteiger partial charge in [0.2, 0.25) is 0 Å². The van der Waals surface area contributed by atoms with Gasteiger partial charge < -0.3 is 11.1 Å². The van der Waals surface area contributed by atoms with Crippen LogP contribution < -0.4 is 11.1 Å². The number of nitrogens with two attached hydrogens (primary N) is 1. The lowest BCUT2D eigenvalue weighted by Crippen LogP contribution is -2.15. The second-order valence-corrected chi connectivity index (χ2v) is 6.43. The van der Waals surface area contributed by atoms with Crippen LogP contribution in [-0.2, 0) is 10.8 Å². The second kappa shape index (κ2) is 7.08. The Labute approximate surface area is 118 Å². The van der Waals surface area contributed by atoms with Crippen LogP contribution >= 0.6 is 28.1 Å². The number of rotatable bonds is 6. The van der Waals surface area contributed by atoms with Crippen molar-refractivity contribution in [1.29, 1.82) is 0 Å². The molecule has 0 saturated carbocycles. The normalized spacial score (nSPS) is 12.1. The number of nitrogens with one attached hydrogen (secondary N) is 1. The van der Waals surface area contributed by atoms with Crippen LogP contribution in [0.5, 0.6) is 0 Å². The third-order valence-electron chi connectivity index (χ3n) is 2.18. The molecule has 0 saturated heterocycles. The molecule has 3 N–H and O–H groups in total. The van der Waals surface area contributed by atoms with Gasteiger partial charge in [-0.1, -0.05) is 18.3 Å². The maximum atomic E-state index is 10.9. The van der Waals surface area contributed by atoms with Gasteiger partial charge in [-0.25, -0.2) is 0 Å². The monoisotopic (exact) mass is 334 g/mol. The van der Waals surface area contributed by atoms with E-state index in [-0.39, 0.29) is 0 Å². The number of anilines is 1. The molecule has 1 unspecified atom stereocenters. The van der Waals surface area contributed by atoms with Gasteiger partial charge in [-0.15, -0.1) is 0 Å². The molecule has 0 aromatic heterocycles. The van der Waals surface area contributed by atoms with Crippen LogP contribution in [0.4, 0.5) is 5.69 Å². The molecule has 0 fully saturated rings. The van der Waals surface area contributed by atoms with Crippen molar-refractivity contribution in [3.8, 4) is 0 Å². The van der Waals surface area contributed by atoms with Crippen molar-refractivity contribution in [2.75, 3.05) is 23.9 Å². The summed E-state index contributed by atoms with van der Waals surface area (Å²) in [7, 11) is -0.742. The number of benzene rings is 1. The Balaban J connectivity index is 2.67. The number of thiocarbonyl (C=S) groups is 1. The number of halogens is 1. The lowest BCUT2D eigenvalue weighted by molar-refractivity contribution is 0.685. The Morgan fingerprint density at radius 2 is 2.29 bits per heavy atom. The van der Waals surface area contributed by atoms with Gasteiger partial charge in [0.1, 0.15) is 4.99 Å². The van der Waals surface area contributed by atoms with Gasteiger partial charge in [-0.3, -0.25) is 4.21 Å². The average molecular weight is 335 g/mol. The van der Waals surface area contributed by atoms with Crippen molar-refractivity contribution >= 4 is 49.6 Å². The van der Waals surface area contributed by atoms with E-state index in [1.54, 1.807) is 6.26 Å². The number of hydrogen-bond donors (Lipinski definition) is 2. The first-order valence-corrected chi connectivity index (χ1v) is 8.07. The maximum absolute atomic E-state index is 10.9. The van der Waals surface area contributed by atoms with Gasteiger partial charge in [0.25, 0.3) is 0 Å². The van der Waals surface area contributed by atoms with E-state index < -0.39 is 10.8 Å². The summed E-state index contributed by atoms with van der Waals surface area (Å²) in [4.78, 5) is 0.360. The van der Waals surface area contributed by atoms with E-state index in [9.17, 15) is 4.21 Å². The Morgan fingerprint density at radius 1 is 1.59 bits per heavy atom. The third kappa shape index (κ3) is 4.73. The fourth-order valence-electron chi connectivity index (χ4n) is 1.42. The topological polar surface area (TPSA) is 55.1 Å². The van der Waals surface area contributed by atoms with Crippen molar-refractivity contribution in [1.82, 2.24) is 0 Å². The quantitative estimate of drug-likeness (QED) is 0.619. The fraction of sp³-hybridized carbons (Fsp3) is 0.364. The molecular formula is C11H15BrN2OS2. The molecule has 0 bridgehead atoms. The molecule has 0 aliphatic carbocycles. The Hall–Kier alpha value is -0.460. The van der Waals surface area contributed by atoms with E-state index in [1.165, 1.54) is 0 Å². The minimum Gasteiger partial charge on any atom is -0.389 e. The molecule has 0 amide bonds. The van der Waals surface area contributed by atoms with Crippen LogP contribution in [0.3, 0.4) is 0 Å². The maximum Gasteiger partial charge on any atom is 0.107 e. The Bertz CT molecular complexity index is 437. The summed E-state index contributed by atoms with van der Waals surface area (Å²) in [5.41, 5.74) is 7.41. The lowest BCUT2D eigenvalue weighted by Gasteiger charge is -2.12. The summed E-state index contributed by atoms with van der Waals surface area (Å²) in [5.74, 6) is 0.698. The smallest absolute Gasteiger partial charge is 0.107 e. The predicted octanol–water partition coefficient (Wildman–Crippen LogP) is 2.26. The van der Waals surface area contributed by atoms with Crippen LogP contribution in [0.1, 0.15) is 12.0 Å². The lowest BCUT2D eigenvalue weighted by atomic mass is 10.1. The molecule has 0 spiro atoms. The first-order valence-electron chi connectivity index (χ1n) is 5.14. The highest BCUT2D eigenvalue weighted by Gasteiger charge is 2.08. The van der Waals surface area contributed by atoms with Crippen LogP contribution in [0, 0.1) is 0 Å². The predicted molar refractivity (Wildman–Crippen MR) is 82.1 cm³/mol. The minimum atomic E-state index is -0.742. The van der Waals surface area contributed by atoms with Gasteiger partial charge in [-0.05, 0) is 34.5 Å². The standard InChI is InChI=1S/C11H15BrN2OS2/c1-17(15)7-3-6-14-9-5-2-4-8(12)10(9)11(13)16/h2,4-5,14H,3,6-7H2,1H3,(H2,13,16). The molecule has 17 heavy (non-hydrogen) atoms. The first-order chi connectivity index (χ1) is 8.02. The summed E-state index contributed by atoms with van der Waals surface area (Å²) >= 11 is 8.44. The highest BCUT2D eigenvalue weighted by atomic mass is 79.9. The van der Waals surface area contributed by atoms with Gasteiger partial charge in [0.15, 0.2) is 0 Å². The van der Waals surface area contributed by atoms with E-state index in [0.29, 0.717) is 10.7 Å². The van der Waals surface area contributed by atoms with Crippen LogP contribution in [0.2, 0.25) is 0 Å². The minimum absolute atomic E-state index is 0.360. The molecule has 1 atom stereocenters. The highest BCUT2D eigenvalue weighted by molar-refractivity contribution is 9.10. The van der Waals surface area contributed by atoms with Crippen LogP contribution in [0.15, 0.2) is 22.7 Å². The molecular weight excluding hydrogens is 320 g/mol. The third-order valence-corrected chi connectivity index (χ3v) is 3.91. The summed E-state index contributed by atoms with van der Waals surface area (Å²) in [6.45, 7) is 0.756.